The summed E-state index contributed by atoms with van der Waals surface area (Å²) in [5, 5.41) is 15.2. The number of rotatable bonds is 7. The van der Waals surface area contributed by atoms with E-state index in [4.69, 9.17) is 0 Å². The maximum Gasteiger partial charge on any atom is 0.315 e. The normalized spacial score (nSPS) is 17.8. The smallest absolute Gasteiger partial charge is 0.315 e. The zero-order valence-electron chi connectivity index (χ0n) is 12.9. The Kier molecular flexibility index (Phi) is 5.84. The Morgan fingerprint density at radius 3 is 2.00 bits per heavy atom. The van der Waals surface area contributed by atoms with Crippen molar-refractivity contribution in [1.29, 1.82) is 0 Å². The number of carboxylic acid groups (broad SMARTS) is 1. The van der Waals surface area contributed by atoms with E-state index in [1.54, 1.807) is 0 Å². The Morgan fingerprint density at radius 2 is 1.60 bits per heavy atom. The van der Waals surface area contributed by atoms with E-state index in [1.165, 1.54) is 0 Å². The minimum Gasteiger partial charge on any atom is -0.481 e. The van der Waals surface area contributed by atoms with Crippen molar-refractivity contribution in [3.8, 4) is 0 Å². The van der Waals surface area contributed by atoms with Crippen LogP contribution in [0.2, 0.25) is 0 Å². The number of hydrogen-bond donors (Lipinski definition) is 3. The minimum absolute atomic E-state index is 0.184. The summed E-state index contributed by atoms with van der Waals surface area (Å²) in [7, 11) is 0. The van der Waals surface area contributed by atoms with Crippen molar-refractivity contribution in [2.75, 3.05) is 6.54 Å². The predicted octanol–water partition coefficient (Wildman–Crippen LogP) is 2.90. The van der Waals surface area contributed by atoms with E-state index in [0.29, 0.717) is 12.8 Å². The molecule has 116 valence electrons. The largest absolute Gasteiger partial charge is 0.481 e. The summed E-state index contributed by atoms with van der Waals surface area (Å²) in [4.78, 5) is 23.5. The quantitative estimate of drug-likeness (QED) is 0.672. The molecule has 1 aliphatic carbocycles. The zero-order valence-corrected chi connectivity index (χ0v) is 12.9. The van der Waals surface area contributed by atoms with Crippen LogP contribution in [0.4, 0.5) is 4.79 Å². The lowest BCUT2D eigenvalue weighted by Crippen LogP contribution is -2.53. The lowest BCUT2D eigenvalue weighted by atomic mass is 9.86. The van der Waals surface area contributed by atoms with Crippen molar-refractivity contribution in [3.63, 3.8) is 0 Å². The van der Waals surface area contributed by atoms with E-state index in [1.807, 2.05) is 0 Å². The van der Waals surface area contributed by atoms with E-state index in [0.717, 1.165) is 32.1 Å². The van der Waals surface area contributed by atoms with Gasteiger partial charge < -0.3 is 15.7 Å². The van der Waals surface area contributed by atoms with Gasteiger partial charge in [-0.1, -0.05) is 33.6 Å². The topological polar surface area (TPSA) is 78.4 Å². The van der Waals surface area contributed by atoms with Crippen LogP contribution in [0.25, 0.3) is 0 Å². The van der Waals surface area contributed by atoms with Crippen molar-refractivity contribution < 1.29 is 14.7 Å². The van der Waals surface area contributed by atoms with Crippen LogP contribution >= 0.6 is 0 Å². The number of aliphatic carboxylic acids is 1. The molecule has 0 saturated heterocycles. The van der Waals surface area contributed by atoms with Crippen LogP contribution in [-0.2, 0) is 4.79 Å². The highest BCUT2D eigenvalue weighted by Crippen LogP contribution is 2.37. The van der Waals surface area contributed by atoms with E-state index >= 15 is 0 Å². The molecule has 3 N–H and O–H groups in total. The van der Waals surface area contributed by atoms with Gasteiger partial charge in [0.15, 0.2) is 0 Å². The van der Waals surface area contributed by atoms with Gasteiger partial charge in [0.1, 0.15) is 0 Å². The molecule has 0 heterocycles. The van der Waals surface area contributed by atoms with Crippen LogP contribution in [0.15, 0.2) is 0 Å². The van der Waals surface area contributed by atoms with Crippen LogP contribution in [0.3, 0.4) is 0 Å². The molecule has 20 heavy (non-hydrogen) atoms. The molecule has 1 aliphatic rings. The molecule has 1 rings (SSSR count). The highest BCUT2D eigenvalue weighted by atomic mass is 16.4. The molecule has 5 heteroatoms. The molecular weight excluding hydrogens is 256 g/mol. The minimum atomic E-state index is -0.789. The van der Waals surface area contributed by atoms with Gasteiger partial charge in [0.2, 0.25) is 0 Å². The van der Waals surface area contributed by atoms with Gasteiger partial charge in [0.25, 0.3) is 0 Å². The Hall–Kier alpha value is -1.26. The predicted molar refractivity (Wildman–Crippen MR) is 78.7 cm³/mol. The summed E-state index contributed by atoms with van der Waals surface area (Å²) < 4.78 is 0. The molecule has 0 unspecified atom stereocenters. The molecule has 0 radical (unpaired) electrons. The summed E-state index contributed by atoms with van der Waals surface area (Å²) in [6, 6.07) is -0.247. The van der Waals surface area contributed by atoms with Crippen molar-refractivity contribution in [2.45, 2.75) is 71.3 Å². The van der Waals surface area contributed by atoms with Gasteiger partial charge in [-0.3, -0.25) is 4.79 Å². The molecule has 2 amide bonds. The van der Waals surface area contributed by atoms with Crippen molar-refractivity contribution in [1.82, 2.24) is 10.6 Å². The summed E-state index contributed by atoms with van der Waals surface area (Å²) >= 11 is 0. The van der Waals surface area contributed by atoms with Crippen molar-refractivity contribution in [3.05, 3.63) is 0 Å². The molecular formula is C15H28N2O3. The second-order valence-electron chi connectivity index (χ2n) is 5.94. The summed E-state index contributed by atoms with van der Waals surface area (Å²) in [5.41, 5.74) is -0.944. The fourth-order valence-corrected chi connectivity index (χ4v) is 3.07. The van der Waals surface area contributed by atoms with Crippen molar-refractivity contribution in [2.24, 2.45) is 5.41 Å². The number of amides is 2. The first-order valence-corrected chi connectivity index (χ1v) is 7.73. The molecule has 0 aromatic heterocycles. The first-order chi connectivity index (χ1) is 9.43. The third kappa shape index (κ3) is 3.64. The van der Waals surface area contributed by atoms with E-state index < -0.39 is 11.4 Å². The fraction of sp³-hybridized carbons (Fsp3) is 0.867. The molecule has 0 aliphatic heterocycles. The Balaban J connectivity index is 2.56. The average Bonchev–Trinajstić information content (AvgIpc) is 2.93. The zero-order chi connectivity index (χ0) is 15.2. The van der Waals surface area contributed by atoms with Gasteiger partial charge in [-0.25, -0.2) is 4.79 Å². The second kappa shape index (κ2) is 6.95. The maximum absolute atomic E-state index is 12.0. The third-order valence-electron chi connectivity index (χ3n) is 5.01. The van der Waals surface area contributed by atoms with Crippen molar-refractivity contribution >= 4 is 12.0 Å². The van der Waals surface area contributed by atoms with Crippen LogP contribution < -0.4 is 10.6 Å². The number of hydrogen-bond acceptors (Lipinski definition) is 2. The summed E-state index contributed by atoms with van der Waals surface area (Å²) in [6.07, 6.45) is 5.79. The van der Waals surface area contributed by atoms with Gasteiger partial charge in [-0.2, -0.15) is 0 Å². The number of carbonyl (C=O) groups excluding carboxylic acids is 1. The summed E-state index contributed by atoms with van der Waals surface area (Å²) in [6.45, 7) is 6.40. The first kappa shape index (κ1) is 16.8. The SMILES string of the molecule is CCC(CC)(CC)NC(=O)NCC1(C(=O)O)CCCC1. The van der Waals surface area contributed by atoms with Crippen LogP contribution in [-0.4, -0.2) is 29.2 Å². The van der Waals surface area contributed by atoms with Gasteiger partial charge in [-0.05, 0) is 32.1 Å². The second-order valence-corrected chi connectivity index (χ2v) is 5.94. The van der Waals surface area contributed by atoms with Gasteiger partial charge in [0, 0.05) is 12.1 Å². The Morgan fingerprint density at radius 1 is 1.10 bits per heavy atom. The van der Waals surface area contributed by atoms with Crippen LogP contribution in [0, 0.1) is 5.41 Å². The highest BCUT2D eigenvalue weighted by molar-refractivity contribution is 5.78. The fourth-order valence-electron chi connectivity index (χ4n) is 3.07. The lowest BCUT2D eigenvalue weighted by molar-refractivity contribution is -0.148. The molecule has 0 atom stereocenters. The van der Waals surface area contributed by atoms with E-state index in [2.05, 4.69) is 31.4 Å². The molecule has 0 spiro atoms. The van der Waals surface area contributed by atoms with Crippen LogP contribution in [0.5, 0.6) is 0 Å². The van der Waals surface area contributed by atoms with E-state index in [9.17, 15) is 14.7 Å². The summed E-state index contributed by atoms with van der Waals surface area (Å²) in [5.74, 6) is -0.789. The molecule has 0 aromatic rings. The number of urea groups is 1. The third-order valence-corrected chi connectivity index (χ3v) is 5.01. The number of carbonyl (C=O) groups is 2. The molecule has 0 aromatic carbocycles. The number of carboxylic acids is 1. The van der Waals surface area contributed by atoms with Crippen LogP contribution in [0.1, 0.15) is 65.7 Å². The first-order valence-electron chi connectivity index (χ1n) is 7.73. The molecule has 5 nitrogen and oxygen atoms in total. The molecule has 1 saturated carbocycles. The highest BCUT2D eigenvalue weighted by Gasteiger charge is 2.41. The molecule has 1 fully saturated rings. The Labute approximate surface area is 121 Å². The standard InChI is InChI=1S/C15H28N2O3/c1-4-15(5-2,6-3)17-13(20)16-11-14(12(18)19)9-7-8-10-14/h4-11H2,1-3H3,(H,18,19)(H2,16,17,20). The Bertz CT molecular complexity index is 337. The maximum atomic E-state index is 12.0. The van der Waals surface area contributed by atoms with Gasteiger partial charge in [0.05, 0.1) is 5.41 Å². The average molecular weight is 284 g/mol. The monoisotopic (exact) mass is 284 g/mol. The van der Waals surface area contributed by atoms with Gasteiger partial charge >= 0.3 is 12.0 Å². The number of nitrogens with one attached hydrogen (secondary N) is 2. The molecule has 0 bridgehead atoms. The lowest BCUT2D eigenvalue weighted by Gasteiger charge is -2.32. The van der Waals surface area contributed by atoms with Gasteiger partial charge in [-0.15, -0.1) is 0 Å². The van der Waals surface area contributed by atoms with E-state index in [-0.39, 0.29) is 18.1 Å².